The fraction of sp³-hybridized carbons (Fsp3) is 0.0714. The van der Waals surface area contributed by atoms with Crippen LogP contribution in [0.5, 0.6) is 5.75 Å². The second-order valence-corrected chi connectivity index (χ2v) is 4.47. The monoisotopic (exact) mass is 294 g/mol. The normalized spacial score (nSPS) is 11.4. The van der Waals surface area contributed by atoms with Crippen molar-refractivity contribution in [2.24, 2.45) is 10.9 Å². The molecule has 0 saturated carbocycles. The second kappa shape index (κ2) is 6.25. The number of nitrogens with two attached hydrogens (primary N) is 1. The molecule has 0 spiro atoms. The van der Waals surface area contributed by atoms with Crippen molar-refractivity contribution in [3.05, 3.63) is 64.4 Å². The van der Waals surface area contributed by atoms with Gasteiger partial charge in [0.1, 0.15) is 18.2 Å². The van der Waals surface area contributed by atoms with Crippen molar-refractivity contribution in [3.8, 4) is 5.75 Å². The molecule has 2 rings (SSSR count). The standard InChI is InChI=1S/C14H12ClFN2O2/c15-11-3-5-12(6-4-11)20-8-10-2-1-9(7-13(10)16)14(17)18-19/h1-7,19H,8H2,(H2,17,18). The van der Waals surface area contributed by atoms with Crippen molar-refractivity contribution in [2.45, 2.75) is 6.61 Å². The fourth-order valence-electron chi connectivity index (χ4n) is 1.57. The Kier molecular flexibility index (Phi) is 4.42. The molecule has 0 saturated heterocycles. The van der Waals surface area contributed by atoms with Crippen molar-refractivity contribution in [2.75, 3.05) is 0 Å². The second-order valence-electron chi connectivity index (χ2n) is 4.03. The Morgan fingerprint density at radius 2 is 1.95 bits per heavy atom. The number of rotatable bonds is 4. The highest BCUT2D eigenvalue weighted by Gasteiger charge is 2.07. The SMILES string of the molecule is N/C(=N\O)c1ccc(COc2ccc(Cl)cc2)c(F)c1. The van der Waals surface area contributed by atoms with E-state index in [1.807, 2.05) is 0 Å². The smallest absolute Gasteiger partial charge is 0.170 e. The summed E-state index contributed by atoms with van der Waals surface area (Å²) in [7, 11) is 0. The summed E-state index contributed by atoms with van der Waals surface area (Å²) in [5.74, 6) is -0.0357. The van der Waals surface area contributed by atoms with Gasteiger partial charge in [0, 0.05) is 16.1 Å². The maximum Gasteiger partial charge on any atom is 0.170 e. The number of amidine groups is 1. The van der Waals surface area contributed by atoms with Crippen LogP contribution in [0.1, 0.15) is 11.1 Å². The predicted octanol–water partition coefficient (Wildman–Crippen LogP) is 3.15. The molecule has 20 heavy (non-hydrogen) atoms. The zero-order chi connectivity index (χ0) is 14.5. The Bertz CT molecular complexity index is 630. The molecular weight excluding hydrogens is 283 g/mol. The first-order chi connectivity index (χ1) is 9.60. The molecule has 0 bridgehead atoms. The number of benzene rings is 2. The number of hydrogen-bond donors (Lipinski definition) is 2. The summed E-state index contributed by atoms with van der Waals surface area (Å²) in [4.78, 5) is 0. The minimum Gasteiger partial charge on any atom is -0.489 e. The van der Waals surface area contributed by atoms with E-state index >= 15 is 0 Å². The largest absolute Gasteiger partial charge is 0.489 e. The lowest BCUT2D eigenvalue weighted by Crippen LogP contribution is -2.13. The van der Waals surface area contributed by atoms with Crippen LogP contribution in [-0.2, 0) is 6.61 Å². The molecule has 2 aromatic carbocycles. The number of hydrogen-bond acceptors (Lipinski definition) is 3. The molecule has 2 aromatic rings. The van der Waals surface area contributed by atoms with Gasteiger partial charge in [0.15, 0.2) is 5.84 Å². The highest BCUT2D eigenvalue weighted by atomic mass is 35.5. The molecule has 4 nitrogen and oxygen atoms in total. The van der Waals surface area contributed by atoms with Crippen molar-refractivity contribution in [1.82, 2.24) is 0 Å². The van der Waals surface area contributed by atoms with Crippen LogP contribution in [0.3, 0.4) is 0 Å². The number of ether oxygens (including phenoxy) is 1. The van der Waals surface area contributed by atoms with Crippen LogP contribution in [0.2, 0.25) is 5.02 Å². The maximum absolute atomic E-state index is 13.8. The lowest BCUT2D eigenvalue weighted by Gasteiger charge is -2.08. The number of halogens is 2. The van der Waals surface area contributed by atoms with Crippen LogP contribution in [0.15, 0.2) is 47.6 Å². The molecule has 0 radical (unpaired) electrons. The molecule has 0 aromatic heterocycles. The molecule has 0 amide bonds. The fourth-order valence-corrected chi connectivity index (χ4v) is 1.70. The van der Waals surface area contributed by atoms with Gasteiger partial charge in [0.25, 0.3) is 0 Å². The molecule has 0 aliphatic carbocycles. The molecule has 0 unspecified atom stereocenters. The van der Waals surface area contributed by atoms with Crippen LogP contribution in [0.25, 0.3) is 0 Å². The molecule has 0 heterocycles. The highest BCUT2D eigenvalue weighted by molar-refractivity contribution is 6.30. The summed E-state index contributed by atoms with van der Waals surface area (Å²) in [5, 5.41) is 11.9. The van der Waals surface area contributed by atoms with E-state index in [2.05, 4.69) is 5.16 Å². The van der Waals surface area contributed by atoms with E-state index < -0.39 is 5.82 Å². The van der Waals surface area contributed by atoms with E-state index in [4.69, 9.17) is 27.3 Å². The number of oxime groups is 1. The Hall–Kier alpha value is -2.27. The molecule has 104 valence electrons. The first kappa shape index (κ1) is 14.1. The average molecular weight is 295 g/mol. The molecule has 0 aliphatic rings. The average Bonchev–Trinajstić information content (AvgIpc) is 2.46. The van der Waals surface area contributed by atoms with Crippen molar-refractivity contribution in [1.29, 1.82) is 0 Å². The summed E-state index contributed by atoms with van der Waals surface area (Å²) in [5.41, 5.74) is 6.06. The van der Waals surface area contributed by atoms with Crippen LogP contribution >= 0.6 is 11.6 Å². The predicted molar refractivity (Wildman–Crippen MR) is 74.7 cm³/mol. The van der Waals surface area contributed by atoms with Crippen LogP contribution in [0.4, 0.5) is 4.39 Å². The van der Waals surface area contributed by atoms with Gasteiger partial charge in [-0.2, -0.15) is 0 Å². The zero-order valence-corrected chi connectivity index (χ0v) is 11.1. The van der Waals surface area contributed by atoms with Crippen LogP contribution in [-0.4, -0.2) is 11.0 Å². The van der Waals surface area contributed by atoms with Crippen LogP contribution in [0, 0.1) is 5.82 Å². The van der Waals surface area contributed by atoms with Gasteiger partial charge in [-0.05, 0) is 30.3 Å². The third-order valence-electron chi connectivity index (χ3n) is 2.66. The van der Waals surface area contributed by atoms with E-state index in [1.165, 1.54) is 12.1 Å². The first-order valence-corrected chi connectivity index (χ1v) is 6.12. The lowest BCUT2D eigenvalue weighted by molar-refractivity contribution is 0.300. The van der Waals surface area contributed by atoms with E-state index in [-0.39, 0.29) is 12.4 Å². The molecule has 6 heteroatoms. The third kappa shape index (κ3) is 3.39. The van der Waals surface area contributed by atoms with Crippen LogP contribution < -0.4 is 10.5 Å². The Balaban J connectivity index is 2.08. The Morgan fingerprint density at radius 3 is 2.55 bits per heavy atom. The topological polar surface area (TPSA) is 67.8 Å². The minimum absolute atomic E-state index is 0.0733. The Morgan fingerprint density at radius 1 is 1.25 bits per heavy atom. The minimum atomic E-state index is -0.483. The summed E-state index contributed by atoms with van der Waals surface area (Å²) in [6.07, 6.45) is 0. The molecule has 3 N–H and O–H groups in total. The van der Waals surface area contributed by atoms with E-state index in [0.29, 0.717) is 21.9 Å². The molecule has 0 atom stereocenters. The molecule has 0 aliphatic heterocycles. The summed E-state index contributed by atoms with van der Waals surface area (Å²) < 4.78 is 19.3. The van der Waals surface area contributed by atoms with Crippen molar-refractivity contribution >= 4 is 17.4 Å². The molecular formula is C14H12ClFN2O2. The quantitative estimate of drug-likeness (QED) is 0.394. The summed E-state index contributed by atoms with van der Waals surface area (Å²) >= 11 is 5.76. The zero-order valence-electron chi connectivity index (χ0n) is 10.4. The van der Waals surface area contributed by atoms with E-state index in [1.54, 1.807) is 30.3 Å². The third-order valence-corrected chi connectivity index (χ3v) is 2.92. The van der Waals surface area contributed by atoms with Crippen molar-refractivity contribution in [3.63, 3.8) is 0 Å². The number of nitrogens with zero attached hydrogens (tertiary/aromatic N) is 1. The van der Waals surface area contributed by atoms with Gasteiger partial charge in [-0.1, -0.05) is 28.9 Å². The van der Waals surface area contributed by atoms with Gasteiger partial charge in [0.2, 0.25) is 0 Å². The van der Waals surface area contributed by atoms with Gasteiger partial charge in [-0.25, -0.2) is 4.39 Å². The highest BCUT2D eigenvalue weighted by Crippen LogP contribution is 2.18. The summed E-state index contributed by atoms with van der Waals surface area (Å²) in [6.45, 7) is 0.0733. The first-order valence-electron chi connectivity index (χ1n) is 5.75. The van der Waals surface area contributed by atoms with E-state index in [9.17, 15) is 4.39 Å². The van der Waals surface area contributed by atoms with Gasteiger partial charge < -0.3 is 15.7 Å². The summed E-state index contributed by atoms with van der Waals surface area (Å²) in [6, 6.07) is 11.0. The van der Waals surface area contributed by atoms with Gasteiger partial charge >= 0.3 is 0 Å². The maximum atomic E-state index is 13.8. The van der Waals surface area contributed by atoms with Gasteiger partial charge in [-0.3, -0.25) is 0 Å². The lowest BCUT2D eigenvalue weighted by atomic mass is 10.1. The Labute approximate surface area is 120 Å². The molecule has 0 fully saturated rings. The van der Waals surface area contributed by atoms with Gasteiger partial charge in [-0.15, -0.1) is 0 Å². The van der Waals surface area contributed by atoms with Gasteiger partial charge in [0.05, 0.1) is 0 Å². The van der Waals surface area contributed by atoms with E-state index in [0.717, 1.165) is 0 Å². The van der Waals surface area contributed by atoms with Crippen molar-refractivity contribution < 1.29 is 14.3 Å².